The molecule has 21 heavy (non-hydrogen) atoms. The third kappa shape index (κ3) is 4.45. The fraction of sp³-hybridized carbons (Fsp3) is 0.467. The van der Waals surface area contributed by atoms with Gasteiger partial charge in [-0.05, 0) is 31.0 Å². The second kappa shape index (κ2) is 7.27. The molecular formula is C15H18BrClN2O2. The van der Waals surface area contributed by atoms with E-state index in [1.54, 1.807) is 18.2 Å². The van der Waals surface area contributed by atoms with E-state index in [0.29, 0.717) is 30.1 Å². The van der Waals surface area contributed by atoms with Crippen LogP contribution in [0.5, 0.6) is 0 Å². The molecule has 1 fully saturated rings. The first-order chi connectivity index (χ1) is 9.99. The largest absolute Gasteiger partial charge is 0.353 e. The molecule has 0 atom stereocenters. The summed E-state index contributed by atoms with van der Waals surface area (Å²) in [6.07, 6.45) is 2.08. The van der Waals surface area contributed by atoms with Crippen LogP contribution in [0.25, 0.3) is 0 Å². The predicted molar refractivity (Wildman–Crippen MR) is 86.5 cm³/mol. The molecule has 0 aromatic heterocycles. The van der Waals surface area contributed by atoms with Gasteiger partial charge in [-0.3, -0.25) is 9.59 Å². The molecule has 0 unspecified atom stereocenters. The van der Waals surface area contributed by atoms with Crippen LogP contribution in [-0.4, -0.2) is 35.8 Å². The van der Waals surface area contributed by atoms with E-state index in [2.05, 4.69) is 21.2 Å². The molecular weight excluding hydrogens is 356 g/mol. The molecule has 0 spiro atoms. The minimum absolute atomic E-state index is 0.0153. The van der Waals surface area contributed by atoms with Gasteiger partial charge in [0.15, 0.2) is 0 Å². The van der Waals surface area contributed by atoms with Gasteiger partial charge in [0, 0.05) is 40.6 Å². The standard InChI is InChI=1S/C15H18BrClN2O2/c1-2-14(20)18-13-3-5-19(6-4-13)15(21)10-7-11(16)9-12(17)8-10/h7-9,13H,2-6H2,1H3,(H,18,20). The highest BCUT2D eigenvalue weighted by molar-refractivity contribution is 9.10. The third-order valence-corrected chi connectivity index (χ3v) is 4.25. The molecule has 1 aromatic carbocycles. The lowest BCUT2D eigenvalue weighted by Crippen LogP contribution is -2.46. The second-order valence-electron chi connectivity index (χ2n) is 5.15. The van der Waals surface area contributed by atoms with Crippen molar-refractivity contribution in [1.29, 1.82) is 0 Å². The molecule has 4 nitrogen and oxygen atoms in total. The van der Waals surface area contributed by atoms with Crippen molar-refractivity contribution in [1.82, 2.24) is 10.2 Å². The predicted octanol–water partition coefficient (Wildman–Crippen LogP) is 3.23. The van der Waals surface area contributed by atoms with E-state index in [1.807, 2.05) is 11.8 Å². The van der Waals surface area contributed by atoms with Crippen LogP contribution < -0.4 is 5.32 Å². The van der Waals surface area contributed by atoms with Gasteiger partial charge in [-0.15, -0.1) is 0 Å². The molecule has 1 aromatic rings. The topological polar surface area (TPSA) is 49.4 Å². The Morgan fingerprint density at radius 3 is 2.57 bits per heavy atom. The van der Waals surface area contributed by atoms with Crippen molar-refractivity contribution >= 4 is 39.3 Å². The Morgan fingerprint density at radius 1 is 1.33 bits per heavy atom. The summed E-state index contributed by atoms with van der Waals surface area (Å²) in [7, 11) is 0. The zero-order valence-electron chi connectivity index (χ0n) is 11.9. The first kappa shape index (κ1) is 16.3. The molecule has 114 valence electrons. The molecule has 1 saturated heterocycles. The van der Waals surface area contributed by atoms with Gasteiger partial charge in [-0.1, -0.05) is 34.5 Å². The minimum atomic E-state index is -0.0153. The number of carbonyl (C=O) groups is 2. The number of benzene rings is 1. The number of rotatable bonds is 3. The van der Waals surface area contributed by atoms with Crippen LogP contribution in [0.15, 0.2) is 22.7 Å². The molecule has 1 heterocycles. The van der Waals surface area contributed by atoms with Crippen molar-refractivity contribution < 1.29 is 9.59 Å². The molecule has 6 heteroatoms. The Labute approximate surface area is 138 Å². The van der Waals surface area contributed by atoms with Crippen LogP contribution in [0.4, 0.5) is 0 Å². The van der Waals surface area contributed by atoms with Gasteiger partial charge in [-0.2, -0.15) is 0 Å². The van der Waals surface area contributed by atoms with Gasteiger partial charge in [0.2, 0.25) is 5.91 Å². The van der Waals surface area contributed by atoms with Crippen molar-refractivity contribution in [3.63, 3.8) is 0 Å². The molecule has 1 N–H and O–H groups in total. The van der Waals surface area contributed by atoms with E-state index >= 15 is 0 Å². The van der Waals surface area contributed by atoms with E-state index < -0.39 is 0 Å². The number of carbonyl (C=O) groups excluding carboxylic acids is 2. The van der Waals surface area contributed by atoms with Gasteiger partial charge in [0.25, 0.3) is 5.91 Å². The number of halogens is 2. The average Bonchev–Trinajstić information content (AvgIpc) is 2.46. The van der Waals surface area contributed by atoms with Crippen LogP contribution in [0.3, 0.4) is 0 Å². The third-order valence-electron chi connectivity index (χ3n) is 3.58. The zero-order chi connectivity index (χ0) is 15.4. The SMILES string of the molecule is CCC(=O)NC1CCN(C(=O)c2cc(Cl)cc(Br)c2)CC1. The first-order valence-electron chi connectivity index (χ1n) is 7.04. The molecule has 1 aliphatic rings. The van der Waals surface area contributed by atoms with E-state index in [9.17, 15) is 9.59 Å². The summed E-state index contributed by atoms with van der Waals surface area (Å²) >= 11 is 9.33. The van der Waals surface area contributed by atoms with Gasteiger partial charge in [0.1, 0.15) is 0 Å². The molecule has 2 amide bonds. The highest BCUT2D eigenvalue weighted by Crippen LogP contribution is 2.22. The summed E-state index contributed by atoms with van der Waals surface area (Å²) in [6, 6.07) is 5.39. The monoisotopic (exact) mass is 372 g/mol. The normalized spacial score (nSPS) is 15.9. The summed E-state index contributed by atoms with van der Waals surface area (Å²) in [5.74, 6) is 0.0528. The van der Waals surface area contributed by atoms with E-state index in [0.717, 1.165) is 17.3 Å². The minimum Gasteiger partial charge on any atom is -0.353 e. The molecule has 2 rings (SSSR count). The van der Waals surface area contributed by atoms with Crippen LogP contribution >= 0.6 is 27.5 Å². The number of likely N-dealkylation sites (tertiary alicyclic amines) is 1. The Balaban J connectivity index is 1.95. The molecule has 0 aliphatic carbocycles. The summed E-state index contributed by atoms with van der Waals surface area (Å²) in [6.45, 7) is 3.14. The maximum atomic E-state index is 12.4. The molecule has 0 bridgehead atoms. The Hall–Kier alpha value is -1.07. The van der Waals surface area contributed by atoms with Gasteiger partial charge in [0.05, 0.1) is 0 Å². The van der Waals surface area contributed by atoms with Gasteiger partial charge >= 0.3 is 0 Å². The molecule has 1 aliphatic heterocycles. The second-order valence-corrected chi connectivity index (χ2v) is 6.50. The fourth-order valence-corrected chi connectivity index (χ4v) is 3.28. The number of hydrogen-bond donors (Lipinski definition) is 1. The van der Waals surface area contributed by atoms with E-state index in [4.69, 9.17) is 11.6 Å². The van der Waals surface area contributed by atoms with Crippen molar-refractivity contribution in [2.75, 3.05) is 13.1 Å². The number of amides is 2. The van der Waals surface area contributed by atoms with Crippen molar-refractivity contribution in [2.24, 2.45) is 0 Å². The lowest BCUT2D eigenvalue weighted by atomic mass is 10.0. The number of piperidine rings is 1. The van der Waals surface area contributed by atoms with Crippen LogP contribution in [-0.2, 0) is 4.79 Å². The molecule has 0 saturated carbocycles. The van der Waals surface area contributed by atoms with Crippen LogP contribution in [0, 0.1) is 0 Å². The summed E-state index contributed by atoms with van der Waals surface area (Å²) < 4.78 is 0.795. The highest BCUT2D eigenvalue weighted by atomic mass is 79.9. The smallest absolute Gasteiger partial charge is 0.253 e. The quantitative estimate of drug-likeness (QED) is 0.884. The lowest BCUT2D eigenvalue weighted by Gasteiger charge is -2.32. The number of nitrogens with zero attached hydrogens (tertiary/aromatic N) is 1. The van der Waals surface area contributed by atoms with Crippen LogP contribution in [0.1, 0.15) is 36.5 Å². The number of nitrogens with one attached hydrogen (secondary N) is 1. The summed E-state index contributed by atoms with van der Waals surface area (Å²) in [5.41, 5.74) is 0.588. The average molecular weight is 374 g/mol. The maximum absolute atomic E-state index is 12.4. The lowest BCUT2D eigenvalue weighted by molar-refractivity contribution is -0.121. The Morgan fingerprint density at radius 2 is 2.00 bits per heavy atom. The van der Waals surface area contributed by atoms with Crippen molar-refractivity contribution in [3.05, 3.63) is 33.3 Å². The summed E-state index contributed by atoms with van der Waals surface area (Å²) in [5, 5.41) is 3.52. The number of hydrogen-bond acceptors (Lipinski definition) is 2. The van der Waals surface area contributed by atoms with E-state index in [-0.39, 0.29) is 17.9 Å². The first-order valence-corrected chi connectivity index (χ1v) is 8.21. The van der Waals surface area contributed by atoms with Gasteiger partial charge in [-0.25, -0.2) is 0 Å². The zero-order valence-corrected chi connectivity index (χ0v) is 14.2. The fourth-order valence-electron chi connectivity index (χ4n) is 2.42. The highest BCUT2D eigenvalue weighted by Gasteiger charge is 2.24. The van der Waals surface area contributed by atoms with Crippen LogP contribution in [0.2, 0.25) is 5.02 Å². The van der Waals surface area contributed by atoms with Gasteiger partial charge < -0.3 is 10.2 Å². The van der Waals surface area contributed by atoms with Crippen molar-refractivity contribution in [3.8, 4) is 0 Å². The Bertz CT molecular complexity index is 522. The van der Waals surface area contributed by atoms with E-state index in [1.165, 1.54) is 0 Å². The summed E-state index contributed by atoms with van der Waals surface area (Å²) in [4.78, 5) is 25.6. The maximum Gasteiger partial charge on any atom is 0.253 e. The molecule has 0 radical (unpaired) electrons. The Kier molecular flexibility index (Phi) is 5.65. The van der Waals surface area contributed by atoms with Crippen molar-refractivity contribution in [2.45, 2.75) is 32.2 Å².